The molecule has 0 amide bonds. The van der Waals surface area contributed by atoms with Gasteiger partial charge in [0.15, 0.2) is 0 Å². The maximum Gasteiger partial charge on any atom is 0.501 e. The molecule has 0 saturated carbocycles. The van der Waals surface area contributed by atoms with E-state index in [2.05, 4.69) is 27.7 Å². The van der Waals surface area contributed by atoms with E-state index in [4.69, 9.17) is 13.3 Å². The smallest absolute Gasteiger partial charge is 0.374 e. The van der Waals surface area contributed by atoms with Crippen molar-refractivity contribution in [1.82, 2.24) is 0 Å². The summed E-state index contributed by atoms with van der Waals surface area (Å²) < 4.78 is 17.8. The van der Waals surface area contributed by atoms with Crippen LogP contribution in [0.1, 0.15) is 54.9 Å². The Kier molecular flexibility index (Phi) is 9.97. The summed E-state index contributed by atoms with van der Waals surface area (Å²) in [5.74, 6) is 1.96. The summed E-state index contributed by atoms with van der Waals surface area (Å²) in [6.45, 7) is 17.2. The van der Waals surface area contributed by atoms with Gasteiger partial charge < -0.3 is 13.3 Å². The fourth-order valence-electron chi connectivity index (χ4n) is 3.04. The maximum atomic E-state index is 5.95. The first-order chi connectivity index (χ1) is 8.96. The molecule has 0 saturated heterocycles. The molecular weight excluding hydrogens is 256 g/mol. The minimum Gasteiger partial charge on any atom is -0.374 e. The number of hydrogen-bond donors (Lipinski definition) is 0. The van der Waals surface area contributed by atoms with Crippen LogP contribution in [-0.2, 0) is 13.3 Å². The van der Waals surface area contributed by atoms with Crippen molar-refractivity contribution in [1.29, 1.82) is 0 Å². The monoisotopic (exact) mass is 290 g/mol. The minimum absolute atomic E-state index is 0.571. The first kappa shape index (κ1) is 19.1. The molecule has 116 valence electrons. The van der Waals surface area contributed by atoms with E-state index in [0.29, 0.717) is 37.6 Å². The molecule has 0 N–H and O–H groups in total. The van der Waals surface area contributed by atoms with Gasteiger partial charge in [0.25, 0.3) is 0 Å². The molecule has 0 rings (SSSR count). The average molecular weight is 291 g/mol. The second kappa shape index (κ2) is 9.92. The van der Waals surface area contributed by atoms with Gasteiger partial charge in [0.1, 0.15) is 0 Å². The molecule has 0 aromatic carbocycles. The fourth-order valence-corrected chi connectivity index (χ4v) is 6.05. The molecule has 0 aliphatic carbocycles. The molecule has 0 radical (unpaired) electrons. The third-order valence-corrected chi connectivity index (χ3v) is 7.05. The zero-order valence-corrected chi connectivity index (χ0v) is 15.0. The lowest BCUT2D eigenvalue weighted by Gasteiger charge is -2.34. The molecule has 3 nitrogen and oxygen atoms in total. The van der Waals surface area contributed by atoms with Crippen LogP contribution in [0.3, 0.4) is 0 Å². The predicted molar refractivity (Wildman–Crippen MR) is 83.2 cm³/mol. The summed E-state index contributed by atoms with van der Waals surface area (Å²) in [5, 5.41) is 0. The third-order valence-electron chi connectivity index (χ3n) is 3.72. The van der Waals surface area contributed by atoms with E-state index in [-0.39, 0.29) is 0 Å². The molecule has 0 fully saturated rings. The highest BCUT2D eigenvalue weighted by molar-refractivity contribution is 6.60. The van der Waals surface area contributed by atoms with Crippen LogP contribution in [0, 0.1) is 17.8 Å². The molecule has 0 spiro atoms. The average Bonchev–Trinajstić information content (AvgIpc) is 2.30. The van der Waals surface area contributed by atoms with Crippen LogP contribution in [0.25, 0.3) is 0 Å². The van der Waals surface area contributed by atoms with Crippen molar-refractivity contribution in [2.75, 3.05) is 19.8 Å². The van der Waals surface area contributed by atoms with Crippen molar-refractivity contribution in [3.8, 4) is 0 Å². The Balaban J connectivity index is 4.85. The molecule has 2 atom stereocenters. The normalized spacial score (nSPS) is 15.8. The molecular formula is C15H34O3Si. The highest BCUT2D eigenvalue weighted by atomic mass is 28.4. The van der Waals surface area contributed by atoms with Gasteiger partial charge in [0.05, 0.1) is 0 Å². The summed E-state index contributed by atoms with van der Waals surface area (Å²) >= 11 is 0. The maximum absolute atomic E-state index is 5.95. The molecule has 0 aromatic heterocycles. The zero-order valence-electron chi connectivity index (χ0n) is 14.0. The molecule has 2 unspecified atom stereocenters. The van der Waals surface area contributed by atoms with Gasteiger partial charge in [-0.05, 0) is 38.5 Å². The van der Waals surface area contributed by atoms with Crippen molar-refractivity contribution in [2.24, 2.45) is 17.8 Å². The van der Waals surface area contributed by atoms with Crippen molar-refractivity contribution < 1.29 is 13.3 Å². The van der Waals surface area contributed by atoms with Gasteiger partial charge >= 0.3 is 8.80 Å². The van der Waals surface area contributed by atoms with E-state index in [1.807, 2.05) is 20.8 Å². The van der Waals surface area contributed by atoms with E-state index >= 15 is 0 Å². The Hall–Kier alpha value is 0.0969. The summed E-state index contributed by atoms with van der Waals surface area (Å²) in [6.07, 6.45) is 1.20. The molecule has 0 aromatic rings. The van der Waals surface area contributed by atoms with Crippen LogP contribution >= 0.6 is 0 Å². The Labute approximate surface area is 121 Å². The van der Waals surface area contributed by atoms with Crippen molar-refractivity contribution in [3.05, 3.63) is 0 Å². The van der Waals surface area contributed by atoms with E-state index in [0.717, 1.165) is 6.04 Å². The quantitative estimate of drug-likeness (QED) is 0.529. The van der Waals surface area contributed by atoms with Crippen LogP contribution in [-0.4, -0.2) is 28.6 Å². The standard InChI is InChI=1S/C15H34O3Si/c1-8-15(13(5)6)14(7)12-19(16-9-2,17-10-3)18-11-4/h13-15H,8-12H2,1-7H3. The van der Waals surface area contributed by atoms with E-state index in [1.54, 1.807) is 0 Å². The van der Waals surface area contributed by atoms with Gasteiger partial charge in [-0.3, -0.25) is 0 Å². The van der Waals surface area contributed by atoms with Crippen molar-refractivity contribution in [2.45, 2.75) is 60.9 Å². The largest absolute Gasteiger partial charge is 0.501 e. The molecule has 0 aliphatic heterocycles. The molecule has 4 heteroatoms. The second-order valence-electron chi connectivity index (χ2n) is 5.48. The molecule has 0 heterocycles. The van der Waals surface area contributed by atoms with Gasteiger partial charge in [-0.1, -0.05) is 34.1 Å². The lowest BCUT2D eigenvalue weighted by Crippen LogP contribution is -2.48. The van der Waals surface area contributed by atoms with Crippen LogP contribution < -0.4 is 0 Å². The highest BCUT2D eigenvalue weighted by Gasteiger charge is 2.43. The SMILES string of the molecule is CCO[Si](CC(C)C(CC)C(C)C)(OCC)OCC. The van der Waals surface area contributed by atoms with Crippen LogP contribution in [0.5, 0.6) is 0 Å². The van der Waals surface area contributed by atoms with Gasteiger partial charge in [0.2, 0.25) is 0 Å². The highest BCUT2D eigenvalue weighted by Crippen LogP contribution is 2.32. The van der Waals surface area contributed by atoms with Gasteiger partial charge in [-0.15, -0.1) is 0 Å². The summed E-state index contributed by atoms with van der Waals surface area (Å²) in [6, 6.07) is 0.930. The lowest BCUT2D eigenvalue weighted by molar-refractivity contribution is 0.0631. The first-order valence-electron chi connectivity index (χ1n) is 7.88. The molecule has 0 aliphatic rings. The number of hydrogen-bond acceptors (Lipinski definition) is 3. The summed E-state index contributed by atoms with van der Waals surface area (Å²) in [7, 11) is -2.48. The fraction of sp³-hybridized carbons (Fsp3) is 1.00. The van der Waals surface area contributed by atoms with Crippen molar-refractivity contribution >= 4 is 8.80 Å². The van der Waals surface area contributed by atoms with E-state index in [1.165, 1.54) is 6.42 Å². The van der Waals surface area contributed by atoms with E-state index in [9.17, 15) is 0 Å². The van der Waals surface area contributed by atoms with Crippen LogP contribution in [0.15, 0.2) is 0 Å². The van der Waals surface area contributed by atoms with E-state index < -0.39 is 8.80 Å². The Morgan fingerprint density at radius 2 is 1.21 bits per heavy atom. The third kappa shape index (κ3) is 6.39. The van der Waals surface area contributed by atoms with Gasteiger partial charge in [-0.2, -0.15) is 0 Å². The Morgan fingerprint density at radius 1 is 0.789 bits per heavy atom. The van der Waals surface area contributed by atoms with Gasteiger partial charge in [-0.25, -0.2) is 0 Å². The zero-order chi connectivity index (χ0) is 14.9. The lowest BCUT2D eigenvalue weighted by atomic mass is 9.83. The first-order valence-corrected chi connectivity index (χ1v) is 9.81. The second-order valence-corrected chi connectivity index (χ2v) is 8.12. The Morgan fingerprint density at radius 3 is 1.47 bits per heavy atom. The molecule has 19 heavy (non-hydrogen) atoms. The van der Waals surface area contributed by atoms with Gasteiger partial charge in [0, 0.05) is 25.9 Å². The topological polar surface area (TPSA) is 27.7 Å². The summed E-state index contributed by atoms with van der Waals surface area (Å²) in [5.41, 5.74) is 0. The summed E-state index contributed by atoms with van der Waals surface area (Å²) in [4.78, 5) is 0. The van der Waals surface area contributed by atoms with Crippen molar-refractivity contribution in [3.63, 3.8) is 0 Å². The van der Waals surface area contributed by atoms with Crippen LogP contribution in [0.4, 0.5) is 0 Å². The predicted octanol–water partition coefficient (Wildman–Crippen LogP) is 4.35. The number of rotatable bonds is 11. The minimum atomic E-state index is -2.48. The van der Waals surface area contributed by atoms with Crippen LogP contribution in [0.2, 0.25) is 6.04 Å². The Bertz CT molecular complexity index is 204. The molecule has 0 bridgehead atoms.